The molecule has 9 heteroatoms. The molecule has 3 atom stereocenters. The fourth-order valence-electron chi connectivity index (χ4n) is 5.39. The van der Waals surface area contributed by atoms with Crippen LogP contribution < -0.4 is 10.1 Å². The van der Waals surface area contributed by atoms with Gasteiger partial charge in [0.15, 0.2) is 0 Å². The van der Waals surface area contributed by atoms with Crippen molar-refractivity contribution in [2.45, 2.75) is 83.1 Å². The number of fused-ring (bicyclic) bond motifs is 1. The van der Waals surface area contributed by atoms with Crippen molar-refractivity contribution < 1.29 is 28.5 Å². The van der Waals surface area contributed by atoms with Crippen LogP contribution in [0.4, 0.5) is 13.6 Å². The number of nitrogens with zero attached hydrogens (tertiary/aromatic N) is 2. The summed E-state index contributed by atoms with van der Waals surface area (Å²) in [6.45, 7) is 6.59. The van der Waals surface area contributed by atoms with Crippen LogP contribution in [0.3, 0.4) is 0 Å². The van der Waals surface area contributed by atoms with Gasteiger partial charge in [-0.25, -0.2) is 18.6 Å². The quantitative estimate of drug-likeness (QED) is 0.463. The summed E-state index contributed by atoms with van der Waals surface area (Å²) in [5.41, 5.74) is 2.12. The normalized spacial score (nSPS) is 19.9. The number of likely N-dealkylation sites (N-methyl/N-ethyl adjacent to an activating group) is 1. The third-order valence-electron chi connectivity index (χ3n) is 7.38. The van der Waals surface area contributed by atoms with E-state index in [0.29, 0.717) is 5.88 Å². The van der Waals surface area contributed by atoms with Crippen molar-refractivity contribution in [2.75, 3.05) is 13.6 Å². The Morgan fingerprint density at radius 2 is 1.89 bits per heavy atom. The van der Waals surface area contributed by atoms with Crippen LogP contribution in [0.2, 0.25) is 0 Å². The molecule has 1 aromatic heterocycles. The molecule has 1 fully saturated rings. The SMILES string of the molecule is CN(C(=O)O)[C@@H](Cc1cc(F)cc(F)c1)[C@H](O)CN[C@H]1CC2(CCC2)Oc2ncc(CC(C)(C)C)cc21. The molecule has 7 nitrogen and oxygen atoms in total. The van der Waals surface area contributed by atoms with E-state index >= 15 is 0 Å². The largest absolute Gasteiger partial charge is 0.471 e. The highest BCUT2D eigenvalue weighted by atomic mass is 19.1. The summed E-state index contributed by atoms with van der Waals surface area (Å²) >= 11 is 0. The van der Waals surface area contributed by atoms with Crippen molar-refractivity contribution in [2.24, 2.45) is 5.41 Å². The number of aromatic nitrogens is 1. The zero-order chi connectivity index (χ0) is 27.0. The third-order valence-corrected chi connectivity index (χ3v) is 7.38. The summed E-state index contributed by atoms with van der Waals surface area (Å²) in [5.74, 6) is -0.893. The van der Waals surface area contributed by atoms with Crippen LogP contribution in [0.5, 0.6) is 5.88 Å². The fourth-order valence-corrected chi connectivity index (χ4v) is 5.39. The summed E-state index contributed by atoms with van der Waals surface area (Å²) in [7, 11) is 1.35. The number of carboxylic acid groups (broad SMARTS) is 1. The van der Waals surface area contributed by atoms with Crippen LogP contribution in [-0.2, 0) is 12.8 Å². The number of rotatable bonds is 8. The summed E-state index contributed by atoms with van der Waals surface area (Å²) in [6.07, 6.45) is 4.01. The Labute approximate surface area is 216 Å². The van der Waals surface area contributed by atoms with Crippen LogP contribution in [0.1, 0.15) is 69.2 Å². The third kappa shape index (κ3) is 6.57. The first-order chi connectivity index (χ1) is 17.3. The van der Waals surface area contributed by atoms with Crippen LogP contribution in [0, 0.1) is 17.0 Å². The lowest BCUT2D eigenvalue weighted by molar-refractivity contribution is -0.0425. The lowest BCUT2D eigenvalue weighted by Gasteiger charge is -2.47. The van der Waals surface area contributed by atoms with E-state index < -0.39 is 29.9 Å². The molecule has 4 rings (SSSR count). The van der Waals surface area contributed by atoms with E-state index in [2.05, 4.69) is 37.1 Å². The first-order valence-corrected chi connectivity index (χ1v) is 12.8. The zero-order valence-corrected chi connectivity index (χ0v) is 21.9. The van der Waals surface area contributed by atoms with E-state index in [9.17, 15) is 23.8 Å². The molecule has 1 saturated carbocycles. The van der Waals surface area contributed by atoms with Crippen molar-refractivity contribution in [3.63, 3.8) is 0 Å². The van der Waals surface area contributed by atoms with Crippen LogP contribution in [-0.4, -0.2) is 57.5 Å². The minimum atomic E-state index is -1.23. The van der Waals surface area contributed by atoms with E-state index in [-0.39, 0.29) is 35.6 Å². The van der Waals surface area contributed by atoms with E-state index in [1.807, 2.05) is 6.20 Å². The molecule has 1 aliphatic carbocycles. The molecular weight excluding hydrogens is 480 g/mol. The van der Waals surface area contributed by atoms with Gasteiger partial charge in [-0.05, 0) is 66.8 Å². The summed E-state index contributed by atoms with van der Waals surface area (Å²) in [5, 5.41) is 24.1. The van der Waals surface area contributed by atoms with Crippen molar-refractivity contribution in [3.05, 3.63) is 58.8 Å². The number of carbonyl (C=O) groups is 1. The van der Waals surface area contributed by atoms with E-state index in [4.69, 9.17) is 4.74 Å². The number of aliphatic hydroxyl groups is 1. The predicted octanol–water partition coefficient (Wildman–Crippen LogP) is 4.87. The number of hydrogen-bond acceptors (Lipinski definition) is 5. The monoisotopic (exact) mass is 517 g/mol. The molecule has 2 aliphatic rings. The van der Waals surface area contributed by atoms with Gasteiger partial charge in [-0.2, -0.15) is 0 Å². The van der Waals surface area contributed by atoms with Crippen LogP contribution in [0.15, 0.2) is 30.5 Å². The molecule has 0 unspecified atom stereocenters. The Morgan fingerprint density at radius 1 is 1.22 bits per heavy atom. The van der Waals surface area contributed by atoms with Gasteiger partial charge in [0, 0.05) is 43.9 Å². The average molecular weight is 518 g/mol. The standard InChI is InChI=1S/C28H37F2N3O4/c1-27(2,3)13-18-10-21-22(14-28(6-5-7-28)37-25(21)32-15-18)31-16-24(34)23(33(4)26(35)36)11-17-8-19(29)12-20(30)9-17/h8-10,12,15,22-24,31,34H,5-7,11,13-14,16H2,1-4H3,(H,35,36)/t22-,23-,24+/m0/s1. The van der Waals surface area contributed by atoms with E-state index in [1.54, 1.807) is 0 Å². The van der Waals surface area contributed by atoms with Gasteiger partial charge in [-0.1, -0.05) is 20.8 Å². The minimum absolute atomic E-state index is 0.0358. The predicted molar refractivity (Wildman–Crippen MR) is 136 cm³/mol. The van der Waals surface area contributed by atoms with Gasteiger partial charge in [0.1, 0.15) is 17.2 Å². The van der Waals surface area contributed by atoms with Gasteiger partial charge in [0.2, 0.25) is 5.88 Å². The Kier molecular flexibility index (Phi) is 7.76. The molecule has 37 heavy (non-hydrogen) atoms. The lowest BCUT2D eigenvalue weighted by atomic mass is 9.73. The molecule has 3 N–H and O–H groups in total. The molecule has 1 aliphatic heterocycles. The van der Waals surface area contributed by atoms with Crippen LogP contribution >= 0.6 is 0 Å². The second kappa shape index (κ2) is 10.5. The second-order valence-electron chi connectivity index (χ2n) is 11.8. The lowest BCUT2D eigenvalue weighted by Crippen LogP contribution is -2.52. The van der Waals surface area contributed by atoms with E-state index in [0.717, 1.165) is 66.3 Å². The first-order valence-electron chi connectivity index (χ1n) is 12.8. The van der Waals surface area contributed by atoms with Crippen molar-refractivity contribution >= 4 is 6.09 Å². The number of halogens is 2. The Hall–Kier alpha value is -2.78. The molecule has 1 aromatic carbocycles. The highest BCUT2D eigenvalue weighted by molar-refractivity contribution is 5.65. The molecule has 1 spiro atoms. The van der Waals surface area contributed by atoms with Crippen molar-refractivity contribution in [1.29, 1.82) is 0 Å². The highest BCUT2D eigenvalue weighted by Crippen LogP contribution is 2.48. The smallest absolute Gasteiger partial charge is 0.407 e. The topological polar surface area (TPSA) is 94.9 Å². The Morgan fingerprint density at radius 3 is 2.46 bits per heavy atom. The molecule has 2 heterocycles. The molecule has 1 amide bonds. The molecule has 0 radical (unpaired) electrons. The maximum atomic E-state index is 13.8. The average Bonchev–Trinajstić information content (AvgIpc) is 2.77. The van der Waals surface area contributed by atoms with Gasteiger partial charge < -0.3 is 25.2 Å². The van der Waals surface area contributed by atoms with Gasteiger partial charge in [-0.15, -0.1) is 0 Å². The number of pyridine rings is 1. The van der Waals surface area contributed by atoms with Gasteiger partial charge in [-0.3, -0.25) is 0 Å². The number of hydrogen-bond donors (Lipinski definition) is 3. The summed E-state index contributed by atoms with van der Waals surface area (Å²) in [4.78, 5) is 17.4. The Bertz CT molecular complexity index is 1110. The van der Waals surface area contributed by atoms with Crippen LogP contribution in [0.25, 0.3) is 0 Å². The molecule has 0 bridgehead atoms. The van der Waals surface area contributed by atoms with Crippen molar-refractivity contribution in [3.8, 4) is 5.88 Å². The number of aliphatic hydroxyl groups excluding tert-OH is 1. The summed E-state index contributed by atoms with van der Waals surface area (Å²) < 4.78 is 33.8. The maximum Gasteiger partial charge on any atom is 0.407 e. The summed E-state index contributed by atoms with van der Waals surface area (Å²) in [6, 6.07) is 4.15. The number of benzene rings is 1. The molecular formula is C28H37F2N3O4. The van der Waals surface area contributed by atoms with Gasteiger partial charge in [0.05, 0.1) is 12.1 Å². The van der Waals surface area contributed by atoms with Gasteiger partial charge >= 0.3 is 6.09 Å². The van der Waals surface area contributed by atoms with Crippen molar-refractivity contribution in [1.82, 2.24) is 15.2 Å². The highest BCUT2D eigenvalue weighted by Gasteiger charge is 2.46. The maximum absolute atomic E-state index is 13.8. The number of amides is 1. The first kappa shape index (κ1) is 27.3. The molecule has 0 saturated heterocycles. The fraction of sp³-hybridized carbons (Fsp3) is 0.571. The zero-order valence-electron chi connectivity index (χ0n) is 21.9. The molecule has 2 aromatic rings. The molecule has 202 valence electrons. The number of ether oxygens (including phenoxy) is 1. The minimum Gasteiger partial charge on any atom is -0.471 e. The van der Waals surface area contributed by atoms with E-state index in [1.165, 1.54) is 7.05 Å². The number of nitrogens with one attached hydrogen (secondary N) is 1. The van der Waals surface area contributed by atoms with Gasteiger partial charge in [0.25, 0.3) is 0 Å². The Balaban J connectivity index is 1.54. The second-order valence-corrected chi connectivity index (χ2v) is 11.8.